The zero-order valence-electron chi connectivity index (χ0n) is 17.2. The normalized spacial score (nSPS) is 12.0. The van der Waals surface area contributed by atoms with Crippen LogP contribution in [-0.2, 0) is 4.43 Å². The van der Waals surface area contributed by atoms with E-state index in [-0.39, 0.29) is 0 Å². The van der Waals surface area contributed by atoms with Gasteiger partial charge in [-0.3, -0.25) is 0 Å². The van der Waals surface area contributed by atoms with Gasteiger partial charge < -0.3 is 10.2 Å². The van der Waals surface area contributed by atoms with E-state index in [1.54, 1.807) is 0 Å². The second-order valence-corrected chi connectivity index (χ2v) is 12.6. The van der Waals surface area contributed by atoms with Gasteiger partial charge in [0.05, 0.1) is 0 Å². The maximum atomic E-state index is 5.60. The molecular formula is C21H47NOSi. The highest BCUT2D eigenvalue weighted by molar-refractivity contribution is 6.71. The molecule has 0 unspecified atom stereocenters. The van der Waals surface area contributed by atoms with Gasteiger partial charge >= 0.3 is 0 Å². The zero-order chi connectivity index (χ0) is 17.9. The lowest BCUT2D eigenvalue weighted by Crippen LogP contribution is -2.27. The Hall–Kier alpha value is 0.137. The van der Waals surface area contributed by atoms with Crippen molar-refractivity contribution in [2.24, 2.45) is 5.73 Å². The Labute approximate surface area is 154 Å². The Morgan fingerprint density at radius 1 is 0.542 bits per heavy atom. The van der Waals surface area contributed by atoms with E-state index in [1.165, 1.54) is 109 Å². The molecule has 0 aromatic carbocycles. The first-order valence-electron chi connectivity index (χ1n) is 10.9. The third kappa shape index (κ3) is 18.5. The van der Waals surface area contributed by atoms with Gasteiger partial charge in [-0.25, -0.2) is 0 Å². The Kier molecular flexibility index (Phi) is 18.0. The van der Waals surface area contributed by atoms with Crippen molar-refractivity contribution in [1.82, 2.24) is 0 Å². The number of rotatable bonds is 19. The minimum atomic E-state index is -1.29. The topological polar surface area (TPSA) is 35.2 Å². The molecule has 0 rings (SSSR count). The van der Waals surface area contributed by atoms with Gasteiger partial charge in [0.1, 0.15) is 0 Å². The molecule has 0 saturated heterocycles. The lowest BCUT2D eigenvalue weighted by atomic mass is 10.0. The summed E-state index contributed by atoms with van der Waals surface area (Å²) >= 11 is 0. The molecule has 0 amide bonds. The van der Waals surface area contributed by atoms with Crippen LogP contribution in [0.4, 0.5) is 0 Å². The smallest absolute Gasteiger partial charge is 0.186 e. The highest BCUT2D eigenvalue weighted by atomic mass is 28.4. The minimum Gasteiger partial charge on any atom is -0.420 e. The molecule has 0 aromatic rings. The second-order valence-electron chi connectivity index (χ2n) is 8.16. The molecule has 0 aliphatic heterocycles. The number of hydrogen-bond acceptors (Lipinski definition) is 2. The van der Waals surface area contributed by atoms with Gasteiger partial charge in [-0.2, -0.15) is 0 Å². The molecule has 2 N–H and O–H groups in total. The molecule has 0 spiro atoms. The van der Waals surface area contributed by atoms with E-state index in [4.69, 9.17) is 10.2 Å². The summed E-state index contributed by atoms with van der Waals surface area (Å²) in [6.07, 6.45) is 22.6. The molecular weight excluding hydrogens is 310 g/mol. The largest absolute Gasteiger partial charge is 0.420 e. The van der Waals surface area contributed by atoms with E-state index in [0.29, 0.717) is 0 Å². The van der Waals surface area contributed by atoms with Gasteiger partial charge in [0.15, 0.2) is 8.32 Å². The molecule has 0 radical (unpaired) electrons. The van der Waals surface area contributed by atoms with Crippen LogP contribution >= 0.6 is 0 Å². The summed E-state index contributed by atoms with van der Waals surface area (Å²) < 4.78 is 5.60. The Morgan fingerprint density at radius 3 is 1.12 bits per heavy atom. The number of nitrogens with two attached hydrogens (primary N) is 1. The summed E-state index contributed by atoms with van der Waals surface area (Å²) in [6.45, 7) is 5.53. The van der Waals surface area contributed by atoms with Crippen molar-refractivity contribution in [3.8, 4) is 0 Å². The van der Waals surface area contributed by atoms with Crippen LogP contribution < -0.4 is 5.73 Å². The first kappa shape index (κ1) is 24.1. The van der Waals surface area contributed by atoms with Gasteiger partial charge in [0.25, 0.3) is 0 Å². The molecule has 0 heterocycles. The number of unbranched alkanes of at least 4 members (excludes halogenated alkanes) is 15. The van der Waals surface area contributed by atoms with Crippen LogP contribution in [0.2, 0.25) is 19.1 Å². The lowest BCUT2D eigenvalue weighted by Gasteiger charge is -2.19. The summed E-state index contributed by atoms with van der Waals surface area (Å²) in [7, 11) is 0.593. The molecule has 0 aliphatic carbocycles. The van der Waals surface area contributed by atoms with Gasteiger partial charge in [0.2, 0.25) is 0 Å². The molecule has 0 saturated carbocycles. The average Bonchev–Trinajstić information content (AvgIpc) is 2.57. The van der Waals surface area contributed by atoms with E-state index in [0.717, 1.165) is 6.54 Å². The second kappa shape index (κ2) is 17.9. The molecule has 2 nitrogen and oxygen atoms in total. The summed E-state index contributed by atoms with van der Waals surface area (Å²) in [5.74, 6) is 0. The van der Waals surface area contributed by atoms with E-state index < -0.39 is 8.32 Å². The van der Waals surface area contributed by atoms with Crippen LogP contribution in [0.3, 0.4) is 0 Å². The zero-order valence-corrected chi connectivity index (χ0v) is 18.2. The van der Waals surface area contributed by atoms with Crippen LogP contribution in [0.5, 0.6) is 0 Å². The molecule has 24 heavy (non-hydrogen) atoms. The van der Waals surface area contributed by atoms with Crippen molar-refractivity contribution in [2.45, 2.75) is 122 Å². The van der Waals surface area contributed by atoms with Gasteiger partial charge in [-0.05, 0) is 32.1 Å². The van der Waals surface area contributed by atoms with E-state index in [9.17, 15) is 0 Å². The lowest BCUT2D eigenvalue weighted by molar-refractivity contribution is 0.400. The number of hydrogen-bond donors (Lipinski definition) is 1. The van der Waals surface area contributed by atoms with Gasteiger partial charge in [0, 0.05) is 7.11 Å². The summed E-state index contributed by atoms with van der Waals surface area (Å²) in [4.78, 5) is 0. The van der Waals surface area contributed by atoms with E-state index in [2.05, 4.69) is 13.1 Å². The van der Waals surface area contributed by atoms with Crippen molar-refractivity contribution >= 4 is 8.32 Å². The highest BCUT2D eigenvalue weighted by Gasteiger charge is 2.18. The quantitative estimate of drug-likeness (QED) is 0.199. The van der Waals surface area contributed by atoms with Crippen LogP contribution in [0.1, 0.15) is 103 Å². The van der Waals surface area contributed by atoms with Crippen molar-refractivity contribution < 1.29 is 4.43 Å². The minimum absolute atomic E-state index is 0.869. The first-order valence-corrected chi connectivity index (χ1v) is 14.0. The Morgan fingerprint density at radius 2 is 0.833 bits per heavy atom. The molecule has 0 aliphatic rings. The van der Waals surface area contributed by atoms with Crippen LogP contribution in [0.25, 0.3) is 0 Å². The molecule has 3 heteroatoms. The van der Waals surface area contributed by atoms with Crippen LogP contribution in [0.15, 0.2) is 0 Å². The fourth-order valence-electron chi connectivity index (χ4n) is 3.27. The van der Waals surface area contributed by atoms with E-state index in [1.807, 2.05) is 7.11 Å². The van der Waals surface area contributed by atoms with Crippen molar-refractivity contribution in [3.63, 3.8) is 0 Å². The van der Waals surface area contributed by atoms with E-state index >= 15 is 0 Å². The fraction of sp³-hybridized carbons (Fsp3) is 1.00. The van der Waals surface area contributed by atoms with Crippen molar-refractivity contribution in [3.05, 3.63) is 0 Å². The maximum absolute atomic E-state index is 5.60. The maximum Gasteiger partial charge on any atom is 0.186 e. The molecule has 0 atom stereocenters. The SMILES string of the molecule is CO[Si](C)(C)CCCCCCCCCCCCCCCCCCN. The summed E-state index contributed by atoms with van der Waals surface area (Å²) in [6, 6.07) is 1.33. The third-order valence-electron chi connectivity index (χ3n) is 5.29. The Balaban J connectivity index is 3.05. The van der Waals surface area contributed by atoms with Crippen molar-refractivity contribution in [2.75, 3.05) is 13.7 Å². The predicted molar refractivity (Wildman–Crippen MR) is 112 cm³/mol. The van der Waals surface area contributed by atoms with Gasteiger partial charge in [-0.1, -0.05) is 96.3 Å². The highest BCUT2D eigenvalue weighted by Crippen LogP contribution is 2.17. The Bertz CT molecular complexity index is 246. The molecule has 0 fully saturated rings. The molecule has 0 bridgehead atoms. The predicted octanol–water partition coefficient (Wildman–Crippen LogP) is 7.04. The third-order valence-corrected chi connectivity index (χ3v) is 7.95. The molecule has 146 valence electrons. The van der Waals surface area contributed by atoms with Crippen LogP contribution in [-0.4, -0.2) is 22.0 Å². The monoisotopic (exact) mass is 357 g/mol. The molecule has 0 aromatic heterocycles. The van der Waals surface area contributed by atoms with Crippen molar-refractivity contribution in [1.29, 1.82) is 0 Å². The fourth-order valence-corrected chi connectivity index (χ4v) is 4.58. The summed E-state index contributed by atoms with van der Waals surface area (Å²) in [5, 5.41) is 0. The standard InChI is InChI=1S/C21H47NOSi/c1-23-24(2,3)21-19-17-15-13-11-9-7-5-4-6-8-10-12-14-16-18-20-22/h4-22H2,1-3H3. The average molecular weight is 358 g/mol. The summed E-state index contributed by atoms with van der Waals surface area (Å²) in [5.41, 5.74) is 5.51. The van der Waals surface area contributed by atoms with Crippen LogP contribution in [0, 0.1) is 0 Å². The first-order chi connectivity index (χ1) is 11.6. The van der Waals surface area contributed by atoms with Gasteiger partial charge in [-0.15, -0.1) is 0 Å².